The van der Waals surface area contributed by atoms with E-state index in [1.807, 2.05) is 0 Å². The summed E-state index contributed by atoms with van der Waals surface area (Å²) in [6, 6.07) is 9.03. The number of hydrogen-bond acceptors (Lipinski definition) is 3. The number of oxime groups is 1. The molecule has 104 valence electrons. The van der Waals surface area contributed by atoms with Gasteiger partial charge in [0.2, 0.25) is 0 Å². The van der Waals surface area contributed by atoms with Crippen LogP contribution in [0.2, 0.25) is 10.0 Å². The van der Waals surface area contributed by atoms with Crippen LogP contribution in [-0.2, 0) is 6.61 Å². The van der Waals surface area contributed by atoms with Crippen LogP contribution >= 0.6 is 23.2 Å². The quantitative estimate of drug-likeness (QED) is 0.512. The normalized spacial score (nSPS) is 10.9. The van der Waals surface area contributed by atoms with Crippen molar-refractivity contribution in [3.63, 3.8) is 0 Å². The number of hydrogen-bond donors (Lipinski definition) is 1. The maximum atomic E-state index is 12.9. The van der Waals surface area contributed by atoms with Crippen LogP contribution in [0.25, 0.3) is 0 Å². The molecule has 0 fully saturated rings. The minimum atomic E-state index is -0.399. The highest BCUT2D eigenvalue weighted by atomic mass is 35.5. The molecule has 2 aromatic rings. The van der Waals surface area contributed by atoms with Gasteiger partial charge in [0.05, 0.1) is 16.3 Å². The summed E-state index contributed by atoms with van der Waals surface area (Å²) < 4.78 is 18.4. The molecule has 0 heterocycles. The largest absolute Gasteiger partial charge is 0.487 e. The predicted molar refractivity (Wildman–Crippen MR) is 76.6 cm³/mol. The summed E-state index contributed by atoms with van der Waals surface area (Å²) in [4.78, 5) is 0. The monoisotopic (exact) mass is 313 g/mol. The van der Waals surface area contributed by atoms with Gasteiger partial charge in [-0.1, -0.05) is 34.4 Å². The average molecular weight is 314 g/mol. The number of ether oxygens (including phenoxy) is 1. The van der Waals surface area contributed by atoms with Crippen molar-refractivity contribution in [1.82, 2.24) is 0 Å². The van der Waals surface area contributed by atoms with Crippen LogP contribution in [-0.4, -0.2) is 11.4 Å². The molecule has 20 heavy (non-hydrogen) atoms. The number of halogens is 3. The van der Waals surface area contributed by atoms with Crippen molar-refractivity contribution >= 4 is 29.4 Å². The van der Waals surface area contributed by atoms with E-state index in [2.05, 4.69) is 5.16 Å². The molecule has 0 aliphatic carbocycles. The van der Waals surface area contributed by atoms with Crippen molar-refractivity contribution in [2.45, 2.75) is 6.61 Å². The Balaban J connectivity index is 2.11. The lowest BCUT2D eigenvalue weighted by Gasteiger charge is -2.09. The minimum absolute atomic E-state index is 0.173. The summed E-state index contributed by atoms with van der Waals surface area (Å²) in [6.45, 7) is 0.173. The first-order chi connectivity index (χ1) is 9.60. The Morgan fingerprint density at radius 3 is 2.60 bits per heavy atom. The highest BCUT2D eigenvalue weighted by Gasteiger charge is 2.06. The summed E-state index contributed by atoms with van der Waals surface area (Å²) in [7, 11) is 0. The zero-order valence-corrected chi connectivity index (χ0v) is 11.7. The van der Waals surface area contributed by atoms with Gasteiger partial charge in [-0.25, -0.2) is 4.39 Å². The third kappa shape index (κ3) is 3.62. The third-order valence-electron chi connectivity index (χ3n) is 2.56. The predicted octanol–water partition coefficient (Wildman–Crippen LogP) is 4.52. The molecule has 0 saturated heterocycles. The Morgan fingerprint density at radius 1 is 1.15 bits per heavy atom. The van der Waals surface area contributed by atoms with Crippen molar-refractivity contribution in [2.75, 3.05) is 0 Å². The van der Waals surface area contributed by atoms with Gasteiger partial charge in [-0.05, 0) is 35.9 Å². The van der Waals surface area contributed by atoms with E-state index < -0.39 is 5.82 Å². The standard InChI is InChI=1S/C14H10Cl2FNO2/c15-12-6-11(17)3-2-10(12)8-20-14-4-1-9(7-18-19)5-13(14)16/h1-7,19H,8H2/b18-7+. The molecule has 0 bridgehead atoms. The average Bonchev–Trinajstić information content (AvgIpc) is 2.40. The molecule has 1 N–H and O–H groups in total. The SMILES string of the molecule is O/N=C/c1ccc(OCc2ccc(F)cc2Cl)c(Cl)c1. The van der Waals surface area contributed by atoms with Crippen LogP contribution < -0.4 is 4.74 Å². The Labute approximate surface area is 125 Å². The fourth-order valence-electron chi connectivity index (χ4n) is 1.58. The lowest BCUT2D eigenvalue weighted by Crippen LogP contribution is -1.97. The fraction of sp³-hybridized carbons (Fsp3) is 0.0714. The Morgan fingerprint density at radius 2 is 1.95 bits per heavy atom. The van der Waals surface area contributed by atoms with E-state index in [0.717, 1.165) is 0 Å². The third-order valence-corrected chi connectivity index (χ3v) is 3.21. The molecule has 0 aliphatic rings. The lowest BCUT2D eigenvalue weighted by molar-refractivity contribution is 0.306. The molecule has 0 unspecified atom stereocenters. The van der Waals surface area contributed by atoms with Gasteiger partial charge in [0.25, 0.3) is 0 Å². The van der Waals surface area contributed by atoms with E-state index in [1.165, 1.54) is 18.3 Å². The summed E-state index contributed by atoms with van der Waals surface area (Å²) in [5.41, 5.74) is 1.30. The highest BCUT2D eigenvalue weighted by molar-refractivity contribution is 6.32. The Hall–Kier alpha value is -1.78. The fourth-order valence-corrected chi connectivity index (χ4v) is 2.04. The van der Waals surface area contributed by atoms with E-state index in [9.17, 15) is 4.39 Å². The van der Waals surface area contributed by atoms with Gasteiger partial charge in [-0.15, -0.1) is 0 Å². The van der Waals surface area contributed by atoms with Crippen molar-refractivity contribution in [3.05, 3.63) is 63.4 Å². The molecule has 2 aromatic carbocycles. The number of nitrogens with zero attached hydrogens (tertiary/aromatic N) is 1. The molecular formula is C14H10Cl2FNO2. The summed E-state index contributed by atoms with van der Waals surface area (Å²) in [5, 5.41) is 12.0. The lowest BCUT2D eigenvalue weighted by atomic mass is 10.2. The van der Waals surface area contributed by atoms with Gasteiger partial charge >= 0.3 is 0 Å². The summed E-state index contributed by atoms with van der Waals surface area (Å²) in [5.74, 6) is 0.0616. The van der Waals surface area contributed by atoms with E-state index in [0.29, 0.717) is 26.9 Å². The van der Waals surface area contributed by atoms with Gasteiger partial charge in [0.1, 0.15) is 18.2 Å². The molecule has 0 amide bonds. The van der Waals surface area contributed by atoms with Crippen LogP contribution in [0, 0.1) is 5.82 Å². The van der Waals surface area contributed by atoms with Crippen molar-refractivity contribution in [1.29, 1.82) is 0 Å². The molecule has 0 saturated carbocycles. The molecule has 0 aliphatic heterocycles. The second-order valence-corrected chi connectivity index (χ2v) is 4.77. The zero-order chi connectivity index (χ0) is 14.5. The van der Waals surface area contributed by atoms with Crippen LogP contribution in [0.3, 0.4) is 0 Å². The van der Waals surface area contributed by atoms with Gasteiger partial charge in [-0.3, -0.25) is 0 Å². The summed E-state index contributed by atoms with van der Waals surface area (Å²) >= 11 is 11.9. The zero-order valence-electron chi connectivity index (χ0n) is 10.2. The maximum Gasteiger partial charge on any atom is 0.138 e. The van der Waals surface area contributed by atoms with E-state index >= 15 is 0 Å². The van der Waals surface area contributed by atoms with Crippen molar-refractivity contribution in [2.24, 2.45) is 5.16 Å². The van der Waals surface area contributed by atoms with Crippen molar-refractivity contribution in [3.8, 4) is 5.75 Å². The highest BCUT2D eigenvalue weighted by Crippen LogP contribution is 2.27. The van der Waals surface area contributed by atoms with Crippen LogP contribution in [0.15, 0.2) is 41.6 Å². The second-order valence-electron chi connectivity index (χ2n) is 3.96. The Bertz CT molecular complexity index is 647. The maximum absolute atomic E-state index is 12.9. The smallest absolute Gasteiger partial charge is 0.138 e. The first-order valence-electron chi connectivity index (χ1n) is 5.64. The molecule has 0 atom stereocenters. The molecule has 0 spiro atoms. The van der Waals surface area contributed by atoms with Gasteiger partial charge in [0.15, 0.2) is 0 Å². The number of rotatable bonds is 4. The second kappa shape index (κ2) is 6.59. The van der Waals surface area contributed by atoms with Crippen LogP contribution in [0.1, 0.15) is 11.1 Å². The molecule has 6 heteroatoms. The van der Waals surface area contributed by atoms with E-state index in [4.69, 9.17) is 33.1 Å². The summed E-state index contributed by atoms with van der Waals surface area (Å²) in [6.07, 6.45) is 1.26. The van der Waals surface area contributed by atoms with E-state index in [1.54, 1.807) is 24.3 Å². The van der Waals surface area contributed by atoms with Crippen LogP contribution in [0.5, 0.6) is 5.75 Å². The topological polar surface area (TPSA) is 41.8 Å². The molecular weight excluding hydrogens is 304 g/mol. The molecule has 2 rings (SSSR count). The van der Waals surface area contributed by atoms with Gasteiger partial charge in [0, 0.05) is 5.56 Å². The number of benzene rings is 2. The van der Waals surface area contributed by atoms with Gasteiger partial charge < -0.3 is 9.94 Å². The molecule has 0 aromatic heterocycles. The van der Waals surface area contributed by atoms with E-state index in [-0.39, 0.29) is 6.61 Å². The van der Waals surface area contributed by atoms with Crippen molar-refractivity contribution < 1.29 is 14.3 Å². The Kier molecular flexibility index (Phi) is 4.82. The van der Waals surface area contributed by atoms with Gasteiger partial charge in [-0.2, -0.15) is 0 Å². The molecule has 3 nitrogen and oxygen atoms in total. The van der Waals surface area contributed by atoms with Crippen LogP contribution in [0.4, 0.5) is 4.39 Å². The first-order valence-corrected chi connectivity index (χ1v) is 6.39. The first kappa shape index (κ1) is 14.6. The minimum Gasteiger partial charge on any atom is -0.487 e. The molecule has 0 radical (unpaired) electrons.